The van der Waals surface area contributed by atoms with Gasteiger partial charge >= 0.3 is 5.97 Å². The number of imide groups is 1. The first-order chi connectivity index (χ1) is 15.3. The third-order valence-electron chi connectivity index (χ3n) is 4.72. The monoisotopic (exact) mass is 491 g/mol. The Kier molecular flexibility index (Phi) is 6.14. The third-order valence-corrected chi connectivity index (χ3v) is 6.56. The smallest absolute Gasteiger partial charge is 0.326 e. The number of hydrogen-bond donors (Lipinski definition) is 0. The van der Waals surface area contributed by atoms with Gasteiger partial charge in [-0.2, -0.15) is 4.99 Å². The molecule has 3 amide bonds. The van der Waals surface area contributed by atoms with Crippen LogP contribution in [0, 0.1) is 0 Å². The van der Waals surface area contributed by atoms with Crippen molar-refractivity contribution in [1.29, 1.82) is 0 Å². The Balaban J connectivity index is 1.71. The predicted molar refractivity (Wildman–Crippen MR) is 119 cm³/mol. The molecule has 0 N–H and O–H groups in total. The highest BCUT2D eigenvalue weighted by Crippen LogP contribution is 2.32. The van der Waals surface area contributed by atoms with Gasteiger partial charge in [0, 0.05) is 0 Å². The second kappa shape index (κ2) is 8.85. The molecule has 0 saturated carbocycles. The molecule has 11 heteroatoms. The molecule has 8 nitrogen and oxygen atoms in total. The lowest BCUT2D eigenvalue weighted by molar-refractivity contribution is -0.143. The van der Waals surface area contributed by atoms with Gasteiger partial charge in [-0.3, -0.25) is 24.1 Å². The number of nitrogens with zero attached hydrogens (tertiary/aromatic N) is 3. The Morgan fingerprint density at radius 2 is 1.69 bits per heavy atom. The highest BCUT2D eigenvalue weighted by atomic mass is 35.5. The van der Waals surface area contributed by atoms with Gasteiger partial charge in [-0.05, 0) is 31.2 Å². The van der Waals surface area contributed by atoms with E-state index in [1.165, 1.54) is 16.7 Å². The van der Waals surface area contributed by atoms with Crippen LogP contribution in [0.5, 0.6) is 0 Å². The van der Waals surface area contributed by atoms with Crippen molar-refractivity contribution in [2.24, 2.45) is 4.99 Å². The molecule has 0 atom stereocenters. The highest BCUT2D eigenvalue weighted by molar-refractivity contribution is 7.16. The number of carbonyl (C=O) groups is 4. The molecule has 0 fully saturated rings. The van der Waals surface area contributed by atoms with E-state index in [0.717, 1.165) is 16.2 Å². The molecule has 32 heavy (non-hydrogen) atoms. The largest absolute Gasteiger partial charge is 0.465 e. The maximum atomic E-state index is 12.7. The topological polar surface area (TPSA) is 98.0 Å². The normalized spacial score (nSPS) is 13.7. The summed E-state index contributed by atoms with van der Waals surface area (Å²) in [6, 6.07) is 9.64. The van der Waals surface area contributed by atoms with E-state index in [-0.39, 0.29) is 39.1 Å². The molecular weight excluding hydrogens is 477 g/mol. The summed E-state index contributed by atoms with van der Waals surface area (Å²) in [7, 11) is 0. The van der Waals surface area contributed by atoms with Gasteiger partial charge in [0.2, 0.25) is 0 Å². The molecule has 0 unspecified atom stereocenters. The molecule has 1 aliphatic rings. The number of esters is 1. The number of thiazole rings is 1. The Bertz CT molecular complexity index is 1330. The van der Waals surface area contributed by atoms with Crippen molar-refractivity contribution in [3.8, 4) is 0 Å². The van der Waals surface area contributed by atoms with Crippen molar-refractivity contribution in [1.82, 2.24) is 9.47 Å². The van der Waals surface area contributed by atoms with Crippen LogP contribution in [-0.4, -0.2) is 46.3 Å². The van der Waals surface area contributed by atoms with Gasteiger partial charge in [0.1, 0.15) is 13.1 Å². The van der Waals surface area contributed by atoms with Crippen molar-refractivity contribution in [3.63, 3.8) is 0 Å². The summed E-state index contributed by atoms with van der Waals surface area (Å²) < 4.78 is 7.10. The molecule has 1 aromatic heterocycles. The quantitative estimate of drug-likeness (QED) is 0.402. The van der Waals surface area contributed by atoms with Gasteiger partial charge in [0.05, 0.1) is 38.0 Å². The van der Waals surface area contributed by atoms with E-state index in [9.17, 15) is 19.2 Å². The van der Waals surface area contributed by atoms with Crippen LogP contribution in [0.15, 0.2) is 41.4 Å². The lowest BCUT2D eigenvalue weighted by atomic mass is 10.1. The van der Waals surface area contributed by atoms with E-state index in [0.29, 0.717) is 10.2 Å². The first kappa shape index (κ1) is 22.2. The van der Waals surface area contributed by atoms with Crippen LogP contribution in [0.25, 0.3) is 10.2 Å². The first-order valence-electron chi connectivity index (χ1n) is 9.47. The van der Waals surface area contributed by atoms with Crippen molar-refractivity contribution in [2.45, 2.75) is 13.5 Å². The minimum absolute atomic E-state index is 0.166. The number of aromatic nitrogens is 1. The fourth-order valence-electron chi connectivity index (χ4n) is 3.33. The lowest BCUT2D eigenvalue weighted by Crippen LogP contribution is -2.35. The fourth-order valence-corrected chi connectivity index (χ4v) is 4.86. The molecule has 0 bridgehead atoms. The van der Waals surface area contributed by atoms with Crippen LogP contribution >= 0.6 is 34.5 Å². The predicted octanol–water partition coefficient (Wildman–Crippen LogP) is 3.30. The third kappa shape index (κ3) is 3.94. The van der Waals surface area contributed by atoms with Crippen LogP contribution in [0.2, 0.25) is 10.0 Å². The average Bonchev–Trinajstić information content (AvgIpc) is 3.22. The summed E-state index contributed by atoms with van der Waals surface area (Å²) in [6.07, 6.45) is 0. The number of amides is 3. The molecule has 1 aliphatic heterocycles. The summed E-state index contributed by atoms with van der Waals surface area (Å²) in [4.78, 5) is 55.0. The van der Waals surface area contributed by atoms with Crippen LogP contribution < -0.4 is 4.80 Å². The molecule has 4 rings (SSSR count). The van der Waals surface area contributed by atoms with E-state index in [1.807, 2.05) is 0 Å². The van der Waals surface area contributed by atoms with Crippen LogP contribution in [0.4, 0.5) is 0 Å². The van der Waals surface area contributed by atoms with Crippen LogP contribution in [-0.2, 0) is 20.9 Å². The highest BCUT2D eigenvalue weighted by Gasteiger charge is 2.36. The standard InChI is InChI=1S/C21H15Cl2N3O5S/c1-2-31-16(28)10-25-18-14(8-7-13(22)17(18)23)32-21(25)24-15(27)9-26-19(29)11-5-3-4-6-12(11)20(26)30/h3-8H,2,9-10H2,1H3. The molecule has 0 saturated heterocycles. The molecule has 164 valence electrons. The minimum atomic E-state index is -0.731. The van der Waals surface area contributed by atoms with Gasteiger partial charge in [0.15, 0.2) is 4.80 Å². The summed E-state index contributed by atoms with van der Waals surface area (Å²) in [5.41, 5.74) is 0.918. The Hall–Kier alpha value is -3.01. The summed E-state index contributed by atoms with van der Waals surface area (Å²) in [5.74, 6) is -2.39. The van der Waals surface area contributed by atoms with E-state index in [1.54, 1.807) is 31.2 Å². The maximum Gasteiger partial charge on any atom is 0.326 e. The van der Waals surface area contributed by atoms with Gasteiger partial charge in [-0.15, -0.1) is 0 Å². The number of fused-ring (bicyclic) bond motifs is 2. The van der Waals surface area contributed by atoms with Gasteiger partial charge in [-0.25, -0.2) is 0 Å². The van der Waals surface area contributed by atoms with Crippen molar-refractivity contribution in [3.05, 3.63) is 62.4 Å². The zero-order chi connectivity index (χ0) is 23.0. The second-order valence-corrected chi connectivity index (χ2v) is 8.53. The van der Waals surface area contributed by atoms with Gasteiger partial charge in [-0.1, -0.05) is 46.7 Å². The average molecular weight is 492 g/mol. The molecular formula is C21H15Cl2N3O5S. The molecule has 0 radical (unpaired) electrons. The number of carbonyl (C=O) groups excluding carboxylic acids is 4. The Morgan fingerprint density at radius 1 is 1.03 bits per heavy atom. The number of halogens is 2. The van der Waals surface area contributed by atoms with Crippen molar-refractivity contribution >= 4 is 68.4 Å². The van der Waals surface area contributed by atoms with Gasteiger partial charge in [0.25, 0.3) is 17.7 Å². The Labute approximate surface area is 195 Å². The van der Waals surface area contributed by atoms with E-state index in [4.69, 9.17) is 27.9 Å². The fraction of sp³-hybridized carbons (Fsp3) is 0.190. The molecule has 0 spiro atoms. The van der Waals surface area contributed by atoms with Gasteiger partial charge < -0.3 is 9.30 Å². The number of benzene rings is 2. The SMILES string of the molecule is CCOC(=O)Cn1c(=NC(=O)CN2C(=O)c3ccccc3C2=O)sc2ccc(Cl)c(Cl)c21. The van der Waals surface area contributed by atoms with Crippen molar-refractivity contribution < 1.29 is 23.9 Å². The Morgan fingerprint density at radius 3 is 2.31 bits per heavy atom. The zero-order valence-electron chi connectivity index (χ0n) is 16.6. The summed E-state index contributed by atoms with van der Waals surface area (Å²) >= 11 is 13.6. The summed E-state index contributed by atoms with van der Waals surface area (Å²) in [5, 5.41) is 0.484. The number of hydrogen-bond acceptors (Lipinski definition) is 6. The van der Waals surface area contributed by atoms with E-state index < -0.39 is 30.2 Å². The first-order valence-corrected chi connectivity index (χ1v) is 11.0. The number of rotatable bonds is 5. The van der Waals surface area contributed by atoms with E-state index >= 15 is 0 Å². The lowest BCUT2D eigenvalue weighted by Gasteiger charge is -2.10. The van der Waals surface area contributed by atoms with Crippen LogP contribution in [0.1, 0.15) is 27.6 Å². The zero-order valence-corrected chi connectivity index (χ0v) is 19.0. The van der Waals surface area contributed by atoms with Crippen molar-refractivity contribution in [2.75, 3.05) is 13.2 Å². The molecule has 2 heterocycles. The number of ether oxygens (including phenoxy) is 1. The second-order valence-electron chi connectivity index (χ2n) is 6.73. The molecule has 3 aromatic rings. The molecule has 2 aromatic carbocycles. The van der Waals surface area contributed by atoms with Crippen LogP contribution in [0.3, 0.4) is 0 Å². The van der Waals surface area contributed by atoms with E-state index in [2.05, 4.69) is 4.99 Å². The molecule has 0 aliphatic carbocycles. The summed E-state index contributed by atoms with van der Waals surface area (Å²) in [6.45, 7) is 1.08. The maximum absolute atomic E-state index is 12.7. The minimum Gasteiger partial charge on any atom is -0.465 e.